The van der Waals surface area contributed by atoms with Gasteiger partial charge in [-0.1, -0.05) is 23.7 Å². The van der Waals surface area contributed by atoms with Crippen LogP contribution in [0.2, 0.25) is 5.02 Å². The van der Waals surface area contributed by atoms with E-state index in [1.807, 2.05) is 6.07 Å². The second-order valence-electron chi connectivity index (χ2n) is 3.70. The molecule has 2 aromatic rings. The van der Waals surface area contributed by atoms with Crippen molar-refractivity contribution in [2.75, 3.05) is 0 Å². The van der Waals surface area contributed by atoms with Crippen LogP contribution in [-0.4, -0.2) is 21.0 Å². The van der Waals surface area contributed by atoms with E-state index < -0.39 is 5.97 Å². The smallest absolute Gasteiger partial charge is 0.356 e. The van der Waals surface area contributed by atoms with E-state index in [-0.39, 0.29) is 17.8 Å². The van der Waals surface area contributed by atoms with Gasteiger partial charge in [0.2, 0.25) is 0 Å². The highest BCUT2D eigenvalue weighted by Crippen LogP contribution is 2.20. The van der Waals surface area contributed by atoms with Crippen LogP contribution in [-0.2, 0) is 6.42 Å². The molecule has 94 valence electrons. The van der Waals surface area contributed by atoms with E-state index in [4.69, 9.17) is 22.0 Å². The molecule has 0 aliphatic carbocycles. The Morgan fingerprint density at radius 1 is 1.37 bits per heavy atom. The van der Waals surface area contributed by atoms with E-state index >= 15 is 0 Å². The number of hydrogen-bond acceptors (Lipinski definition) is 4. The zero-order valence-electron chi connectivity index (χ0n) is 9.67. The number of carboxylic acids is 1. The molecule has 0 radical (unpaired) electrons. The number of halogens is 1. The summed E-state index contributed by atoms with van der Waals surface area (Å²) in [7, 11) is 0. The van der Waals surface area contributed by atoms with Crippen molar-refractivity contribution in [2.45, 2.75) is 6.42 Å². The van der Waals surface area contributed by atoms with Gasteiger partial charge in [-0.05, 0) is 12.1 Å². The van der Waals surface area contributed by atoms with Gasteiger partial charge in [0.25, 0.3) is 0 Å². The zero-order chi connectivity index (χ0) is 13.8. The first-order valence-electron chi connectivity index (χ1n) is 5.34. The highest BCUT2D eigenvalue weighted by molar-refractivity contribution is 6.30. The monoisotopic (exact) mass is 273 g/mol. The zero-order valence-corrected chi connectivity index (χ0v) is 10.4. The molecule has 0 aliphatic heterocycles. The van der Waals surface area contributed by atoms with Gasteiger partial charge in [0.05, 0.1) is 30.1 Å². The Morgan fingerprint density at radius 2 is 2.05 bits per heavy atom. The number of nitrogens with zero attached hydrogens (tertiary/aromatic N) is 3. The van der Waals surface area contributed by atoms with Crippen molar-refractivity contribution in [1.29, 1.82) is 5.26 Å². The maximum atomic E-state index is 11.0. The number of rotatable bonds is 3. The second-order valence-corrected chi connectivity index (χ2v) is 4.13. The Labute approximate surface area is 114 Å². The molecule has 0 atom stereocenters. The predicted octanol–water partition coefficient (Wildman–Crippen LogP) is 2.56. The van der Waals surface area contributed by atoms with E-state index in [2.05, 4.69) is 9.97 Å². The van der Waals surface area contributed by atoms with Crippen LogP contribution in [0, 0.1) is 11.3 Å². The van der Waals surface area contributed by atoms with Gasteiger partial charge in [0.1, 0.15) is 0 Å². The van der Waals surface area contributed by atoms with Crippen LogP contribution < -0.4 is 0 Å². The Kier molecular flexibility index (Phi) is 3.74. The van der Waals surface area contributed by atoms with Gasteiger partial charge >= 0.3 is 5.97 Å². The largest absolute Gasteiger partial charge is 0.476 e. The maximum Gasteiger partial charge on any atom is 0.356 e. The van der Waals surface area contributed by atoms with Crippen LogP contribution in [0.25, 0.3) is 11.3 Å². The normalized spacial score (nSPS) is 9.89. The van der Waals surface area contributed by atoms with Crippen LogP contribution in [0.5, 0.6) is 0 Å². The molecule has 5 nitrogen and oxygen atoms in total. The fraction of sp³-hybridized carbons (Fsp3) is 0.0769. The van der Waals surface area contributed by atoms with Crippen molar-refractivity contribution in [3.8, 4) is 17.3 Å². The standard InChI is InChI=1S/C13H8ClN3O2/c14-9-3-1-8(2-4-9)11-7-16-12(13(18)19)10(17-11)5-6-15/h1-4,7H,5H2,(H,18,19). The molecule has 0 saturated carbocycles. The summed E-state index contributed by atoms with van der Waals surface area (Å²) < 4.78 is 0. The minimum Gasteiger partial charge on any atom is -0.476 e. The lowest BCUT2D eigenvalue weighted by molar-refractivity contribution is 0.0689. The van der Waals surface area contributed by atoms with Crippen molar-refractivity contribution >= 4 is 17.6 Å². The summed E-state index contributed by atoms with van der Waals surface area (Å²) in [5.41, 5.74) is 1.22. The SMILES string of the molecule is N#CCc1nc(-c2ccc(Cl)cc2)cnc1C(=O)O. The third-order valence-corrected chi connectivity index (χ3v) is 2.69. The Morgan fingerprint density at radius 3 is 2.63 bits per heavy atom. The highest BCUT2D eigenvalue weighted by Gasteiger charge is 2.14. The molecular weight excluding hydrogens is 266 g/mol. The van der Waals surface area contributed by atoms with Crippen LogP contribution >= 0.6 is 11.6 Å². The molecule has 0 saturated heterocycles. The van der Waals surface area contributed by atoms with E-state index in [1.165, 1.54) is 6.20 Å². The molecule has 1 heterocycles. The molecule has 0 bridgehead atoms. The minimum absolute atomic E-state index is 0.101. The number of aromatic carboxylic acids is 1. The maximum absolute atomic E-state index is 11.0. The number of hydrogen-bond donors (Lipinski definition) is 1. The fourth-order valence-corrected chi connectivity index (χ4v) is 1.69. The Hall–Kier alpha value is -2.45. The molecule has 1 N–H and O–H groups in total. The lowest BCUT2D eigenvalue weighted by Crippen LogP contribution is -2.08. The molecule has 2 rings (SSSR count). The van der Waals surface area contributed by atoms with Gasteiger partial charge in [-0.15, -0.1) is 0 Å². The van der Waals surface area contributed by atoms with Crippen LogP contribution in [0.3, 0.4) is 0 Å². The summed E-state index contributed by atoms with van der Waals surface area (Å²) in [6.07, 6.45) is 1.27. The summed E-state index contributed by atoms with van der Waals surface area (Å²) >= 11 is 5.79. The van der Waals surface area contributed by atoms with Crippen molar-refractivity contribution in [3.63, 3.8) is 0 Å². The van der Waals surface area contributed by atoms with Crippen molar-refractivity contribution in [1.82, 2.24) is 9.97 Å². The molecule has 1 aromatic carbocycles. The summed E-state index contributed by atoms with van der Waals surface area (Å²) in [5, 5.41) is 18.3. The van der Waals surface area contributed by atoms with Crippen molar-refractivity contribution < 1.29 is 9.90 Å². The lowest BCUT2D eigenvalue weighted by Gasteiger charge is -2.05. The first-order valence-corrected chi connectivity index (χ1v) is 5.71. The summed E-state index contributed by atoms with van der Waals surface area (Å²) in [6.45, 7) is 0. The average Bonchev–Trinajstić information content (AvgIpc) is 2.39. The molecule has 6 heteroatoms. The quantitative estimate of drug-likeness (QED) is 0.928. The molecule has 19 heavy (non-hydrogen) atoms. The number of aromatic nitrogens is 2. The number of nitriles is 1. The topological polar surface area (TPSA) is 86.9 Å². The summed E-state index contributed by atoms with van der Waals surface area (Å²) in [4.78, 5) is 19.0. The number of carbonyl (C=O) groups is 1. The second kappa shape index (κ2) is 5.46. The first kappa shape index (κ1) is 13.0. The first-order chi connectivity index (χ1) is 9.11. The van der Waals surface area contributed by atoms with Crippen molar-refractivity contribution in [2.24, 2.45) is 0 Å². The molecule has 0 aliphatic rings. The van der Waals surface area contributed by atoms with Crippen molar-refractivity contribution in [3.05, 3.63) is 46.9 Å². The molecule has 0 fully saturated rings. The van der Waals surface area contributed by atoms with Crippen LogP contribution in [0.1, 0.15) is 16.2 Å². The van der Waals surface area contributed by atoms with Crippen LogP contribution in [0.15, 0.2) is 30.5 Å². The van der Waals surface area contributed by atoms with Crippen LogP contribution in [0.4, 0.5) is 0 Å². The third kappa shape index (κ3) is 2.87. The highest BCUT2D eigenvalue weighted by atomic mass is 35.5. The Bertz CT molecular complexity index is 663. The van der Waals surface area contributed by atoms with E-state index in [0.29, 0.717) is 10.7 Å². The Balaban J connectivity index is 2.49. The van der Waals surface area contributed by atoms with E-state index in [1.54, 1.807) is 24.3 Å². The molecular formula is C13H8ClN3O2. The van der Waals surface area contributed by atoms with E-state index in [9.17, 15) is 4.79 Å². The fourth-order valence-electron chi connectivity index (χ4n) is 1.56. The van der Waals surface area contributed by atoms with Gasteiger partial charge < -0.3 is 5.11 Å². The van der Waals surface area contributed by atoms with Gasteiger partial charge in [-0.2, -0.15) is 5.26 Å². The summed E-state index contributed by atoms with van der Waals surface area (Å²) in [6, 6.07) is 8.79. The number of benzene rings is 1. The van der Waals surface area contributed by atoms with Gasteiger partial charge in [0, 0.05) is 10.6 Å². The molecule has 0 spiro atoms. The average molecular weight is 274 g/mol. The molecule has 0 unspecified atom stereocenters. The van der Waals surface area contributed by atoms with Gasteiger partial charge in [-0.3, -0.25) is 0 Å². The minimum atomic E-state index is -1.19. The molecule has 1 aromatic heterocycles. The lowest BCUT2D eigenvalue weighted by atomic mass is 10.1. The van der Waals surface area contributed by atoms with Gasteiger partial charge in [0.15, 0.2) is 5.69 Å². The van der Waals surface area contributed by atoms with E-state index in [0.717, 1.165) is 5.56 Å². The molecule has 0 amide bonds. The predicted molar refractivity (Wildman–Crippen MR) is 68.8 cm³/mol. The van der Waals surface area contributed by atoms with Gasteiger partial charge in [-0.25, -0.2) is 14.8 Å². The number of carboxylic acid groups (broad SMARTS) is 1. The third-order valence-electron chi connectivity index (χ3n) is 2.43. The summed E-state index contributed by atoms with van der Waals surface area (Å²) in [5.74, 6) is -1.19.